The van der Waals surface area contributed by atoms with Crippen LogP contribution in [0.1, 0.15) is 11.7 Å². The van der Waals surface area contributed by atoms with Gasteiger partial charge < -0.3 is 19.9 Å². The topological polar surface area (TPSA) is 111 Å². The van der Waals surface area contributed by atoms with Crippen LogP contribution in [0.3, 0.4) is 0 Å². The Balaban J connectivity index is 2.32. The second-order valence-electron chi connectivity index (χ2n) is 3.70. The predicted octanol–water partition coefficient (Wildman–Crippen LogP) is -0.870. The normalized spacial score (nSPS) is 15.0. The minimum atomic E-state index is -1.08. The fourth-order valence-corrected chi connectivity index (χ4v) is 1.56. The van der Waals surface area contributed by atoms with Gasteiger partial charge in [0.05, 0.1) is 6.10 Å². The lowest BCUT2D eigenvalue weighted by Crippen LogP contribution is -2.29. The number of H-pyrrole nitrogens is 1. The molecular formula is C10H13N3O4. The molecule has 0 saturated carbocycles. The minimum absolute atomic E-state index is 0.246. The highest BCUT2D eigenvalue weighted by molar-refractivity contribution is 5.67. The summed E-state index contributed by atoms with van der Waals surface area (Å²) < 4.78 is 4.82. The van der Waals surface area contributed by atoms with Gasteiger partial charge in [-0.3, -0.25) is 4.98 Å². The summed E-state index contributed by atoms with van der Waals surface area (Å²) in [5.41, 5.74) is 0.959. The van der Waals surface area contributed by atoms with Crippen molar-refractivity contribution in [3.8, 4) is 0 Å². The first-order chi connectivity index (χ1) is 8.11. The van der Waals surface area contributed by atoms with Crippen LogP contribution < -0.4 is 11.1 Å². The molecule has 0 radical (unpaired) electrons. The van der Waals surface area contributed by atoms with E-state index >= 15 is 0 Å². The van der Waals surface area contributed by atoms with E-state index in [9.17, 15) is 15.0 Å². The van der Waals surface area contributed by atoms with E-state index in [1.165, 1.54) is 12.3 Å². The number of nitrogens with zero attached hydrogens (tertiary/aromatic N) is 1. The summed E-state index contributed by atoms with van der Waals surface area (Å²) in [6.45, 7) is 0.246. The smallest absolute Gasteiger partial charge is 0.406 e. The van der Waals surface area contributed by atoms with Crippen molar-refractivity contribution in [3.63, 3.8) is 0 Å². The van der Waals surface area contributed by atoms with Crippen molar-refractivity contribution < 1.29 is 14.6 Å². The van der Waals surface area contributed by atoms with Gasteiger partial charge in [0.25, 0.3) is 0 Å². The molecular weight excluding hydrogens is 226 g/mol. The number of fused-ring (bicyclic) bond motifs is 1. The number of pyridine rings is 1. The van der Waals surface area contributed by atoms with Crippen LogP contribution in [-0.2, 0) is 0 Å². The largest absolute Gasteiger partial charge is 0.418 e. The molecule has 0 aliphatic rings. The Labute approximate surface area is 96.1 Å². The maximum atomic E-state index is 10.9. The van der Waals surface area contributed by atoms with Gasteiger partial charge in [-0.15, -0.1) is 0 Å². The maximum absolute atomic E-state index is 10.9. The number of oxazole rings is 1. The van der Waals surface area contributed by atoms with Crippen LogP contribution in [0.4, 0.5) is 0 Å². The molecule has 0 aliphatic carbocycles. The number of aliphatic hydroxyl groups is 2. The SMILES string of the molecule is CNCC(O)C(O)c1cnc2[nH]c(=O)oc2c1. The Kier molecular flexibility index (Phi) is 3.23. The van der Waals surface area contributed by atoms with Gasteiger partial charge in [-0.05, 0) is 13.1 Å². The van der Waals surface area contributed by atoms with Gasteiger partial charge in [0, 0.05) is 18.3 Å². The Morgan fingerprint density at radius 1 is 1.59 bits per heavy atom. The third-order valence-corrected chi connectivity index (χ3v) is 2.42. The molecule has 7 heteroatoms. The van der Waals surface area contributed by atoms with Crippen LogP contribution >= 0.6 is 0 Å². The Morgan fingerprint density at radius 2 is 2.35 bits per heavy atom. The van der Waals surface area contributed by atoms with E-state index in [2.05, 4.69) is 15.3 Å². The average Bonchev–Trinajstić information content (AvgIpc) is 2.67. The molecule has 0 bridgehead atoms. The zero-order chi connectivity index (χ0) is 12.4. The highest BCUT2D eigenvalue weighted by Gasteiger charge is 2.19. The average molecular weight is 239 g/mol. The summed E-state index contributed by atoms with van der Waals surface area (Å²) in [6, 6.07) is 1.48. The van der Waals surface area contributed by atoms with Crippen molar-refractivity contribution in [1.82, 2.24) is 15.3 Å². The summed E-state index contributed by atoms with van der Waals surface area (Å²) >= 11 is 0. The van der Waals surface area contributed by atoms with Crippen LogP contribution in [0.5, 0.6) is 0 Å². The fraction of sp³-hybridized carbons (Fsp3) is 0.400. The molecule has 0 aromatic carbocycles. The Hall–Kier alpha value is -1.70. The van der Waals surface area contributed by atoms with Crippen molar-refractivity contribution in [2.75, 3.05) is 13.6 Å². The predicted molar refractivity (Wildman–Crippen MR) is 59.5 cm³/mol. The summed E-state index contributed by atoms with van der Waals surface area (Å²) in [5.74, 6) is -0.602. The van der Waals surface area contributed by atoms with Crippen molar-refractivity contribution >= 4 is 11.2 Å². The Morgan fingerprint density at radius 3 is 3.06 bits per heavy atom. The second kappa shape index (κ2) is 4.66. The van der Waals surface area contributed by atoms with Crippen LogP contribution in [0.15, 0.2) is 21.5 Å². The number of nitrogens with one attached hydrogen (secondary N) is 2. The van der Waals surface area contributed by atoms with E-state index in [1.807, 2.05) is 0 Å². The molecule has 2 aromatic rings. The van der Waals surface area contributed by atoms with Gasteiger partial charge in [-0.2, -0.15) is 0 Å². The zero-order valence-electron chi connectivity index (χ0n) is 9.17. The maximum Gasteiger partial charge on any atom is 0.418 e. The lowest BCUT2D eigenvalue weighted by atomic mass is 10.1. The van der Waals surface area contributed by atoms with Crippen molar-refractivity contribution in [1.29, 1.82) is 0 Å². The van der Waals surface area contributed by atoms with Gasteiger partial charge in [0.1, 0.15) is 6.10 Å². The summed E-state index contributed by atoms with van der Waals surface area (Å²) in [6.07, 6.45) is -0.651. The Bertz CT molecular complexity index is 562. The fourth-order valence-electron chi connectivity index (χ4n) is 1.56. The lowest BCUT2D eigenvalue weighted by Gasteiger charge is -2.17. The summed E-state index contributed by atoms with van der Waals surface area (Å²) in [7, 11) is 1.67. The summed E-state index contributed by atoms with van der Waals surface area (Å²) in [5, 5.41) is 22.2. The number of aromatic nitrogens is 2. The number of rotatable bonds is 4. The molecule has 0 spiro atoms. The molecule has 7 nitrogen and oxygen atoms in total. The van der Waals surface area contributed by atoms with Crippen molar-refractivity contribution in [2.45, 2.75) is 12.2 Å². The molecule has 2 atom stereocenters. The lowest BCUT2D eigenvalue weighted by molar-refractivity contribution is 0.0201. The molecule has 2 heterocycles. The number of hydrogen-bond acceptors (Lipinski definition) is 6. The van der Waals surface area contributed by atoms with Crippen molar-refractivity contribution in [3.05, 3.63) is 28.4 Å². The number of likely N-dealkylation sites (N-methyl/N-ethyl adjacent to an activating group) is 1. The van der Waals surface area contributed by atoms with E-state index in [-0.39, 0.29) is 12.1 Å². The molecule has 17 heavy (non-hydrogen) atoms. The molecule has 0 saturated heterocycles. The molecule has 4 N–H and O–H groups in total. The first-order valence-electron chi connectivity index (χ1n) is 5.11. The molecule has 2 aromatic heterocycles. The molecule has 0 fully saturated rings. The van der Waals surface area contributed by atoms with E-state index in [1.54, 1.807) is 7.05 Å². The third-order valence-electron chi connectivity index (χ3n) is 2.42. The standard InChI is InChI=1S/C10H13N3O4/c1-11-4-6(14)8(15)5-2-7-9(12-3-5)13-10(16)17-7/h2-3,6,8,11,14-15H,4H2,1H3,(H,12,13,16). The van der Waals surface area contributed by atoms with Gasteiger partial charge in [0.2, 0.25) is 0 Å². The highest BCUT2D eigenvalue weighted by atomic mass is 16.4. The van der Waals surface area contributed by atoms with E-state index in [0.29, 0.717) is 11.2 Å². The molecule has 2 unspecified atom stereocenters. The van der Waals surface area contributed by atoms with Gasteiger partial charge >= 0.3 is 5.76 Å². The number of hydrogen-bond donors (Lipinski definition) is 4. The monoisotopic (exact) mass is 239 g/mol. The van der Waals surface area contributed by atoms with Crippen LogP contribution in [-0.4, -0.2) is 39.9 Å². The molecule has 0 aliphatic heterocycles. The number of aromatic amines is 1. The van der Waals surface area contributed by atoms with Crippen molar-refractivity contribution in [2.24, 2.45) is 0 Å². The van der Waals surface area contributed by atoms with E-state index < -0.39 is 18.0 Å². The quantitative estimate of drug-likeness (QED) is 0.552. The van der Waals surface area contributed by atoms with Gasteiger partial charge in [0.15, 0.2) is 11.2 Å². The zero-order valence-corrected chi connectivity index (χ0v) is 9.17. The van der Waals surface area contributed by atoms with E-state index in [4.69, 9.17) is 4.42 Å². The van der Waals surface area contributed by atoms with Gasteiger partial charge in [-0.1, -0.05) is 0 Å². The highest BCUT2D eigenvalue weighted by Crippen LogP contribution is 2.19. The molecule has 92 valence electrons. The van der Waals surface area contributed by atoms with Crippen LogP contribution in [0.2, 0.25) is 0 Å². The third kappa shape index (κ3) is 2.36. The second-order valence-corrected chi connectivity index (χ2v) is 3.70. The van der Waals surface area contributed by atoms with Crippen LogP contribution in [0, 0.1) is 0 Å². The first kappa shape index (κ1) is 11.8. The number of aliphatic hydroxyl groups excluding tert-OH is 2. The molecule has 2 rings (SSSR count). The van der Waals surface area contributed by atoms with E-state index in [0.717, 1.165) is 0 Å². The minimum Gasteiger partial charge on any atom is -0.406 e. The summed E-state index contributed by atoms with van der Waals surface area (Å²) in [4.78, 5) is 17.2. The first-order valence-corrected chi connectivity index (χ1v) is 5.11. The molecule has 0 amide bonds. The van der Waals surface area contributed by atoms with Crippen LogP contribution in [0.25, 0.3) is 11.2 Å². The van der Waals surface area contributed by atoms with Gasteiger partial charge in [-0.25, -0.2) is 9.78 Å².